The number of benzene rings is 1. The first kappa shape index (κ1) is 10.6. The largest absolute Gasteiger partial charge is 0.241 e. The predicted molar refractivity (Wildman–Crippen MR) is 68.3 cm³/mol. The minimum Gasteiger partial charge on any atom is -0.241 e. The molecule has 2 heteroatoms. The van der Waals surface area contributed by atoms with Crippen molar-refractivity contribution in [3.8, 4) is 0 Å². The lowest BCUT2D eigenvalue weighted by Gasteiger charge is -2.08. The number of hydrogen-bond donors (Lipinski definition) is 0. The number of nitrogens with zero attached hydrogens (tertiary/aromatic N) is 1. The van der Waals surface area contributed by atoms with Gasteiger partial charge in [-0.3, -0.25) is 0 Å². The lowest BCUT2D eigenvalue weighted by atomic mass is 9.99. The Kier molecular flexibility index (Phi) is 2.79. The van der Waals surface area contributed by atoms with Crippen LogP contribution in [0.2, 0.25) is 0 Å². The number of fused-ring (bicyclic) bond motifs is 1. The molecule has 0 aliphatic rings. The fourth-order valence-corrected chi connectivity index (χ4v) is 2.26. The first-order valence-corrected chi connectivity index (χ1v) is 5.94. The number of rotatable bonds is 1. The molecule has 0 saturated carbocycles. The van der Waals surface area contributed by atoms with E-state index in [0.717, 1.165) is 10.1 Å². The van der Waals surface area contributed by atoms with E-state index in [-0.39, 0.29) is 0 Å². The molecule has 2 rings (SSSR count). The quantitative estimate of drug-likeness (QED) is 0.694. The smallest absolute Gasteiger partial charge is 0.107 e. The highest BCUT2D eigenvalue weighted by Crippen LogP contribution is 2.24. The molecule has 0 fully saturated rings. The number of halogens is 1. The van der Waals surface area contributed by atoms with Crippen molar-refractivity contribution in [2.24, 2.45) is 0 Å². The Bertz CT molecular complexity index is 503. The van der Waals surface area contributed by atoms with Crippen LogP contribution < -0.4 is 0 Å². The van der Waals surface area contributed by atoms with Gasteiger partial charge in [0.25, 0.3) is 0 Å². The summed E-state index contributed by atoms with van der Waals surface area (Å²) >= 11 is 3.42. The van der Waals surface area contributed by atoms with Crippen LogP contribution in [-0.4, -0.2) is 4.98 Å². The van der Waals surface area contributed by atoms with Crippen molar-refractivity contribution in [1.29, 1.82) is 0 Å². The SMILES string of the molecule is Cc1cc(Br)nc2ccc(C(C)C)cc12. The Morgan fingerprint density at radius 2 is 1.93 bits per heavy atom. The first-order valence-electron chi connectivity index (χ1n) is 5.14. The van der Waals surface area contributed by atoms with Gasteiger partial charge in [-0.15, -0.1) is 0 Å². The lowest BCUT2D eigenvalue weighted by molar-refractivity contribution is 0.868. The van der Waals surface area contributed by atoms with E-state index in [4.69, 9.17) is 0 Å². The molecule has 0 amide bonds. The van der Waals surface area contributed by atoms with Crippen molar-refractivity contribution < 1.29 is 0 Å². The Labute approximate surface area is 98.7 Å². The van der Waals surface area contributed by atoms with Crippen LogP contribution in [0.25, 0.3) is 10.9 Å². The second kappa shape index (κ2) is 3.93. The van der Waals surface area contributed by atoms with Gasteiger partial charge < -0.3 is 0 Å². The molecule has 0 saturated heterocycles. The van der Waals surface area contributed by atoms with E-state index >= 15 is 0 Å². The Morgan fingerprint density at radius 3 is 2.60 bits per heavy atom. The van der Waals surface area contributed by atoms with Gasteiger partial charge in [0.15, 0.2) is 0 Å². The minimum absolute atomic E-state index is 0.567. The number of pyridine rings is 1. The monoisotopic (exact) mass is 263 g/mol. The number of aromatic nitrogens is 1. The topological polar surface area (TPSA) is 12.9 Å². The summed E-state index contributed by atoms with van der Waals surface area (Å²) in [6.07, 6.45) is 0. The molecule has 15 heavy (non-hydrogen) atoms. The molecule has 0 aliphatic heterocycles. The van der Waals surface area contributed by atoms with Crippen molar-refractivity contribution in [2.75, 3.05) is 0 Å². The highest BCUT2D eigenvalue weighted by atomic mass is 79.9. The van der Waals surface area contributed by atoms with E-state index in [2.05, 4.69) is 66.0 Å². The molecule has 0 N–H and O–H groups in total. The molecular weight excluding hydrogens is 250 g/mol. The molecule has 2 aromatic rings. The highest BCUT2D eigenvalue weighted by molar-refractivity contribution is 9.10. The third-order valence-electron chi connectivity index (χ3n) is 2.67. The van der Waals surface area contributed by atoms with E-state index in [1.54, 1.807) is 0 Å². The van der Waals surface area contributed by atoms with Crippen LogP contribution in [0, 0.1) is 6.92 Å². The third kappa shape index (κ3) is 2.05. The van der Waals surface area contributed by atoms with Crippen molar-refractivity contribution in [2.45, 2.75) is 26.7 Å². The number of hydrogen-bond acceptors (Lipinski definition) is 1. The van der Waals surface area contributed by atoms with E-state index < -0.39 is 0 Å². The second-order valence-corrected chi connectivity index (χ2v) is 5.01. The van der Waals surface area contributed by atoms with E-state index in [1.807, 2.05) is 0 Å². The fourth-order valence-electron chi connectivity index (χ4n) is 1.73. The molecule has 0 spiro atoms. The molecule has 0 unspecified atom stereocenters. The lowest BCUT2D eigenvalue weighted by Crippen LogP contribution is -1.90. The molecule has 0 aliphatic carbocycles. The van der Waals surface area contributed by atoms with Gasteiger partial charge in [0.05, 0.1) is 5.52 Å². The van der Waals surface area contributed by atoms with Crippen molar-refractivity contribution in [3.63, 3.8) is 0 Å². The van der Waals surface area contributed by atoms with Crippen molar-refractivity contribution in [3.05, 3.63) is 40.0 Å². The Hall–Kier alpha value is -0.890. The second-order valence-electron chi connectivity index (χ2n) is 4.19. The van der Waals surface area contributed by atoms with Crippen LogP contribution in [0.3, 0.4) is 0 Å². The van der Waals surface area contributed by atoms with Crippen LogP contribution in [0.5, 0.6) is 0 Å². The molecule has 0 atom stereocenters. The summed E-state index contributed by atoms with van der Waals surface area (Å²) in [5.74, 6) is 0.567. The van der Waals surface area contributed by atoms with Gasteiger partial charge >= 0.3 is 0 Å². The van der Waals surface area contributed by atoms with Gasteiger partial charge in [-0.25, -0.2) is 4.98 Å². The molecule has 1 heterocycles. The maximum Gasteiger partial charge on any atom is 0.107 e. The molecule has 1 aromatic heterocycles. The van der Waals surface area contributed by atoms with Crippen LogP contribution in [0.4, 0.5) is 0 Å². The molecule has 0 radical (unpaired) electrons. The van der Waals surface area contributed by atoms with E-state index in [1.165, 1.54) is 16.5 Å². The summed E-state index contributed by atoms with van der Waals surface area (Å²) in [4.78, 5) is 4.45. The molecule has 0 bridgehead atoms. The molecule has 1 aromatic carbocycles. The molecule has 1 nitrogen and oxygen atoms in total. The molecule has 78 valence electrons. The third-order valence-corrected chi connectivity index (χ3v) is 3.08. The zero-order valence-corrected chi connectivity index (χ0v) is 10.8. The Morgan fingerprint density at radius 1 is 1.20 bits per heavy atom. The van der Waals surface area contributed by atoms with Crippen molar-refractivity contribution in [1.82, 2.24) is 4.98 Å². The average Bonchev–Trinajstić information content (AvgIpc) is 2.16. The number of aryl methyl sites for hydroxylation is 1. The maximum absolute atomic E-state index is 4.45. The summed E-state index contributed by atoms with van der Waals surface area (Å²) < 4.78 is 0.907. The van der Waals surface area contributed by atoms with Gasteiger partial charge in [0.1, 0.15) is 4.60 Å². The summed E-state index contributed by atoms with van der Waals surface area (Å²) in [5.41, 5.74) is 3.70. The normalized spacial score (nSPS) is 11.3. The first-order chi connectivity index (χ1) is 7.08. The minimum atomic E-state index is 0.567. The standard InChI is InChI=1S/C13H14BrN/c1-8(2)10-4-5-12-11(7-10)9(3)6-13(14)15-12/h4-8H,1-3H3. The fraction of sp³-hybridized carbons (Fsp3) is 0.308. The maximum atomic E-state index is 4.45. The predicted octanol–water partition coefficient (Wildman–Crippen LogP) is 4.43. The van der Waals surface area contributed by atoms with Crippen LogP contribution in [0.1, 0.15) is 30.9 Å². The zero-order chi connectivity index (χ0) is 11.0. The summed E-state index contributed by atoms with van der Waals surface area (Å²) in [6.45, 7) is 6.55. The van der Waals surface area contributed by atoms with Gasteiger partial charge in [-0.2, -0.15) is 0 Å². The van der Waals surface area contributed by atoms with Crippen molar-refractivity contribution >= 4 is 26.8 Å². The summed E-state index contributed by atoms with van der Waals surface area (Å²) in [5, 5.41) is 1.25. The van der Waals surface area contributed by atoms with Crippen LogP contribution >= 0.6 is 15.9 Å². The van der Waals surface area contributed by atoms with Gasteiger partial charge in [0.2, 0.25) is 0 Å². The Balaban J connectivity index is 2.71. The van der Waals surface area contributed by atoms with Crippen LogP contribution in [-0.2, 0) is 0 Å². The van der Waals surface area contributed by atoms with E-state index in [0.29, 0.717) is 5.92 Å². The van der Waals surface area contributed by atoms with Gasteiger partial charge in [-0.05, 0) is 58.1 Å². The van der Waals surface area contributed by atoms with Crippen LogP contribution in [0.15, 0.2) is 28.9 Å². The zero-order valence-electron chi connectivity index (χ0n) is 9.21. The summed E-state index contributed by atoms with van der Waals surface area (Å²) in [7, 11) is 0. The van der Waals surface area contributed by atoms with Gasteiger partial charge in [-0.1, -0.05) is 19.9 Å². The highest BCUT2D eigenvalue weighted by Gasteiger charge is 2.04. The molecular formula is C13H14BrN. The van der Waals surface area contributed by atoms with E-state index in [9.17, 15) is 0 Å². The summed E-state index contributed by atoms with van der Waals surface area (Å²) in [6, 6.07) is 8.56. The average molecular weight is 264 g/mol. The van der Waals surface area contributed by atoms with Gasteiger partial charge in [0, 0.05) is 5.39 Å².